The lowest BCUT2D eigenvalue weighted by molar-refractivity contribution is 0.768. The van der Waals surface area contributed by atoms with Crippen molar-refractivity contribution in [1.29, 1.82) is 0 Å². The number of hydrazone groups is 1. The van der Waals surface area contributed by atoms with Gasteiger partial charge in [-0.2, -0.15) is 10.2 Å². The van der Waals surface area contributed by atoms with E-state index in [-0.39, 0.29) is 0 Å². The van der Waals surface area contributed by atoms with Crippen LogP contribution in [0.2, 0.25) is 0 Å². The van der Waals surface area contributed by atoms with Gasteiger partial charge < -0.3 is 0 Å². The van der Waals surface area contributed by atoms with Crippen molar-refractivity contribution in [2.45, 2.75) is 3.79 Å². The molecule has 0 aromatic heterocycles. The Hall–Kier alpha value is -0.900. The maximum absolute atomic E-state index is 5.76. The largest absolute Gasteiger partial charge is 0.285 e. The third-order valence-corrected chi connectivity index (χ3v) is 2.52. The number of nitrogens with one attached hydrogen (secondary N) is 1. The first-order valence-corrected chi connectivity index (χ1v) is 5.64. The molecule has 0 saturated carbocycles. The first-order valence-electron chi connectivity index (χ1n) is 4.51. The average Bonchev–Trinajstić information content (AvgIpc) is 2.29. The molecule has 0 radical (unpaired) electrons. The van der Waals surface area contributed by atoms with Crippen molar-refractivity contribution in [3.63, 3.8) is 0 Å². The summed E-state index contributed by atoms with van der Waals surface area (Å²) in [5, 5.41) is 5.72. The lowest BCUT2D eigenvalue weighted by atomic mass is 10.3. The van der Waals surface area contributed by atoms with Crippen LogP contribution in [-0.4, -0.2) is 9.50 Å². The average molecular weight is 277 g/mol. The Morgan fingerprint density at radius 3 is 2.44 bits per heavy atom. The van der Waals surface area contributed by atoms with Gasteiger partial charge in [-0.15, -0.1) is 0 Å². The molecule has 6 heteroatoms. The van der Waals surface area contributed by atoms with E-state index in [1.165, 1.54) is 5.12 Å². The molecule has 2 rings (SSSR count). The molecule has 16 heavy (non-hydrogen) atoms. The predicted molar refractivity (Wildman–Crippen MR) is 68.9 cm³/mol. The maximum atomic E-state index is 5.76. The third kappa shape index (κ3) is 2.61. The predicted octanol–water partition coefficient (Wildman–Crippen LogP) is 3.25. The minimum atomic E-state index is -1.52. The van der Waals surface area contributed by atoms with E-state index in [1.807, 2.05) is 30.3 Å². The Kier molecular flexibility index (Phi) is 3.28. The molecule has 1 aliphatic heterocycles. The highest BCUT2D eigenvalue weighted by Gasteiger charge is 2.28. The van der Waals surface area contributed by atoms with Crippen molar-refractivity contribution in [2.75, 3.05) is 5.12 Å². The molecule has 0 unspecified atom stereocenters. The van der Waals surface area contributed by atoms with E-state index in [0.717, 1.165) is 5.69 Å². The summed E-state index contributed by atoms with van der Waals surface area (Å²) in [5.41, 5.74) is 4.15. The van der Waals surface area contributed by atoms with Crippen LogP contribution in [0.4, 0.5) is 5.69 Å². The van der Waals surface area contributed by atoms with Crippen LogP contribution in [0.5, 0.6) is 0 Å². The second kappa shape index (κ2) is 4.53. The fraction of sp³-hybridized carbons (Fsp3) is 0.100. The van der Waals surface area contributed by atoms with Gasteiger partial charge in [0.05, 0.1) is 5.69 Å². The summed E-state index contributed by atoms with van der Waals surface area (Å²) in [7, 11) is 0. The molecule has 3 nitrogen and oxygen atoms in total. The van der Waals surface area contributed by atoms with Crippen LogP contribution in [0.1, 0.15) is 0 Å². The quantitative estimate of drug-likeness (QED) is 0.797. The number of hydrazine groups is 1. The number of rotatable bonds is 1. The molecule has 1 N–H and O–H groups in total. The number of nitrogens with zero attached hydrogens (tertiary/aromatic N) is 2. The van der Waals surface area contributed by atoms with E-state index in [4.69, 9.17) is 34.8 Å². The Morgan fingerprint density at radius 1 is 1.12 bits per heavy atom. The third-order valence-electron chi connectivity index (χ3n) is 1.94. The van der Waals surface area contributed by atoms with Gasteiger partial charge in [0.2, 0.25) is 3.79 Å². The fourth-order valence-electron chi connectivity index (χ4n) is 1.21. The SMILES string of the molecule is ClC(Cl)(Cl)C1=NN(c2ccccc2)NC=C1. The van der Waals surface area contributed by atoms with Crippen LogP contribution in [0, 0.1) is 0 Å². The van der Waals surface area contributed by atoms with Crippen LogP contribution in [-0.2, 0) is 0 Å². The molecule has 1 heterocycles. The van der Waals surface area contributed by atoms with Crippen molar-refractivity contribution < 1.29 is 0 Å². The first kappa shape index (κ1) is 11.6. The normalized spacial score (nSPS) is 15.7. The Balaban J connectivity index is 2.27. The number of hydrogen-bond donors (Lipinski definition) is 1. The molecule has 0 bridgehead atoms. The zero-order chi connectivity index (χ0) is 11.6. The summed E-state index contributed by atoms with van der Waals surface area (Å²) < 4.78 is -1.52. The van der Waals surface area contributed by atoms with Gasteiger partial charge in [-0.05, 0) is 18.2 Å². The molecule has 0 spiro atoms. The monoisotopic (exact) mass is 275 g/mol. The van der Waals surface area contributed by atoms with Crippen molar-refractivity contribution in [3.8, 4) is 0 Å². The standard InChI is InChI=1S/C10H8Cl3N3/c11-10(12,13)9-6-7-14-16(15-9)8-4-2-1-3-5-8/h1-7,14H. The number of para-hydroxylation sites is 1. The smallest absolute Gasteiger partial charge is 0.234 e. The van der Waals surface area contributed by atoms with Crippen LogP contribution >= 0.6 is 34.8 Å². The molecule has 1 aromatic carbocycles. The van der Waals surface area contributed by atoms with E-state index < -0.39 is 3.79 Å². The second-order valence-corrected chi connectivity index (χ2v) is 5.37. The van der Waals surface area contributed by atoms with Gasteiger partial charge in [0, 0.05) is 6.20 Å². The second-order valence-electron chi connectivity index (χ2n) is 3.09. The van der Waals surface area contributed by atoms with Crippen LogP contribution < -0.4 is 10.5 Å². The number of anilines is 1. The van der Waals surface area contributed by atoms with Gasteiger partial charge in [0.25, 0.3) is 0 Å². The van der Waals surface area contributed by atoms with Crippen molar-refractivity contribution in [3.05, 3.63) is 42.6 Å². The van der Waals surface area contributed by atoms with Gasteiger partial charge in [-0.25, -0.2) is 0 Å². The molecule has 0 fully saturated rings. The summed E-state index contributed by atoms with van der Waals surface area (Å²) in [6.07, 6.45) is 3.28. The highest BCUT2D eigenvalue weighted by molar-refractivity contribution is 6.77. The Labute approximate surface area is 108 Å². The number of allylic oxidation sites excluding steroid dienone is 1. The zero-order valence-corrected chi connectivity index (χ0v) is 10.3. The summed E-state index contributed by atoms with van der Waals surface area (Å²) in [4.78, 5) is 0. The lowest BCUT2D eigenvalue weighted by Gasteiger charge is -2.24. The minimum Gasteiger partial charge on any atom is -0.285 e. The topological polar surface area (TPSA) is 27.6 Å². The van der Waals surface area contributed by atoms with Crippen LogP contribution in [0.3, 0.4) is 0 Å². The molecule has 84 valence electrons. The maximum Gasteiger partial charge on any atom is 0.234 e. The van der Waals surface area contributed by atoms with E-state index in [9.17, 15) is 0 Å². The molecule has 0 atom stereocenters. The molecular weight excluding hydrogens is 268 g/mol. The van der Waals surface area contributed by atoms with Crippen molar-refractivity contribution >= 4 is 46.2 Å². The molecule has 0 aliphatic carbocycles. The number of hydrogen-bond acceptors (Lipinski definition) is 3. The van der Waals surface area contributed by atoms with Gasteiger partial charge in [0.1, 0.15) is 5.71 Å². The summed E-state index contributed by atoms with van der Waals surface area (Å²) in [5.74, 6) is 0. The van der Waals surface area contributed by atoms with E-state index >= 15 is 0 Å². The van der Waals surface area contributed by atoms with Crippen molar-refractivity contribution in [1.82, 2.24) is 5.43 Å². The number of benzene rings is 1. The zero-order valence-electron chi connectivity index (χ0n) is 8.07. The minimum absolute atomic E-state index is 0.361. The Bertz CT molecular complexity index is 423. The summed E-state index contributed by atoms with van der Waals surface area (Å²) in [6.45, 7) is 0. The van der Waals surface area contributed by atoms with E-state index in [1.54, 1.807) is 12.3 Å². The molecule has 0 amide bonds. The van der Waals surface area contributed by atoms with Crippen LogP contribution in [0.25, 0.3) is 0 Å². The fourth-order valence-corrected chi connectivity index (χ4v) is 1.51. The van der Waals surface area contributed by atoms with Gasteiger partial charge in [-0.3, -0.25) is 5.43 Å². The highest BCUT2D eigenvalue weighted by atomic mass is 35.6. The van der Waals surface area contributed by atoms with Crippen molar-refractivity contribution in [2.24, 2.45) is 5.10 Å². The molecule has 1 aromatic rings. The summed E-state index contributed by atoms with van der Waals surface area (Å²) in [6, 6.07) is 9.51. The van der Waals surface area contributed by atoms with Gasteiger partial charge in [-0.1, -0.05) is 53.0 Å². The molecule has 0 saturated heterocycles. The van der Waals surface area contributed by atoms with Crippen LogP contribution in [0.15, 0.2) is 47.7 Å². The molecular formula is C10H8Cl3N3. The lowest BCUT2D eigenvalue weighted by Crippen LogP contribution is -2.36. The van der Waals surface area contributed by atoms with Gasteiger partial charge >= 0.3 is 0 Å². The first-order chi connectivity index (χ1) is 7.57. The Morgan fingerprint density at radius 2 is 1.81 bits per heavy atom. The summed E-state index contributed by atoms with van der Waals surface area (Å²) >= 11 is 17.3. The van der Waals surface area contributed by atoms with E-state index in [2.05, 4.69) is 10.5 Å². The highest BCUT2D eigenvalue weighted by Crippen LogP contribution is 2.30. The molecule has 1 aliphatic rings. The number of alkyl halides is 3. The van der Waals surface area contributed by atoms with E-state index in [0.29, 0.717) is 5.71 Å². The van der Waals surface area contributed by atoms with Gasteiger partial charge in [0.15, 0.2) is 0 Å². The number of halogens is 3.